The number of hydrogen-bond acceptors (Lipinski definition) is 3. The Morgan fingerprint density at radius 3 is 2.38 bits per heavy atom. The monoisotopic (exact) mass is 398 g/mol. The molecule has 1 aliphatic rings. The fraction of sp³-hybridized carbons (Fsp3) is 0.524. The van der Waals surface area contributed by atoms with Gasteiger partial charge in [0, 0.05) is 37.8 Å². The van der Waals surface area contributed by atoms with Crippen molar-refractivity contribution in [1.29, 1.82) is 0 Å². The second kappa shape index (κ2) is 11.0. The molecule has 146 valence electrons. The van der Waals surface area contributed by atoms with Crippen LogP contribution in [0.3, 0.4) is 0 Å². The van der Waals surface area contributed by atoms with E-state index in [1.54, 1.807) is 0 Å². The maximum atomic E-state index is 6.06. The molecule has 2 aromatic carbocycles. The lowest BCUT2D eigenvalue weighted by atomic mass is 9.90. The van der Waals surface area contributed by atoms with Gasteiger partial charge in [0.15, 0.2) is 0 Å². The third-order valence-electron chi connectivity index (χ3n) is 4.85. The zero-order valence-electron chi connectivity index (χ0n) is 16.0. The molecule has 0 radical (unpaired) electrons. The van der Waals surface area contributed by atoms with Crippen molar-refractivity contribution in [2.75, 3.05) is 32.8 Å². The molecule has 0 amide bonds. The summed E-state index contributed by atoms with van der Waals surface area (Å²) in [4.78, 5) is 2.64. The summed E-state index contributed by atoms with van der Waals surface area (Å²) in [6, 6.07) is 13.5. The Hall–Kier alpha value is -1.00. The van der Waals surface area contributed by atoms with Gasteiger partial charge in [-0.3, -0.25) is 4.90 Å². The minimum Gasteiger partial charge on any atom is -0.494 e. The number of nitrogens with zero attached hydrogens (tertiary/aromatic N) is 1. The molecule has 3 nitrogen and oxygen atoms in total. The van der Waals surface area contributed by atoms with Crippen molar-refractivity contribution in [3.8, 4) is 5.75 Å². The first-order valence-corrected chi connectivity index (χ1v) is 9.30. The van der Waals surface area contributed by atoms with Crippen LogP contribution < -0.4 is 10.1 Å². The van der Waals surface area contributed by atoms with E-state index in [1.165, 1.54) is 16.3 Å². The zero-order chi connectivity index (χ0) is 16.9. The van der Waals surface area contributed by atoms with Gasteiger partial charge in [0.1, 0.15) is 5.75 Å². The molecule has 1 aliphatic heterocycles. The predicted octanol–water partition coefficient (Wildman–Crippen LogP) is 5.07. The summed E-state index contributed by atoms with van der Waals surface area (Å²) in [5.41, 5.74) is 1.38. The molecule has 1 N–H and O–H groups in total. The Balaban J connectivity index is 0.00000169. The van der Waals surface area contributed by atoms with Crippen LogP contribution in [-0.4, -0.2) is 37.7 Å². The Bertz CT molecular complexity index is 672. The average Bonchev–Trinajstić information content (AvgIpc) is 2.61. The van der Waals surface area contributed by atoms with Gasteiger partial charge in [0.2, 0.25) is 0 Å². The molecule has 0 aliphatic carbocycles. The van der Waals surface area contributed by atoms with E-state index in [4.69, 9.17) is 4.74 Å². The standard InChI is InChI=1S/C21H30N2O.2ClH/c1-4-24-20-10-9-17-7-5-6-8-18(17)21(20)19(15-16(2)3)23-13-11-22-12-14-23;;/h5-10,16,19,22H,4,11-15H2,1-3H3;2*1H/t19-;;/m0../s1. The summed E-state index contributed by atoms with van der Waals surface area (Å²) >= 11 is 0. The van der Waals surface area contributed by atoms with Crippen LogP contribution in [0.15, 0.2) is 36.4 Å². The van der Waals surface area contributed by atoms with Crippen molar-refractivity contribution in [3.63, 3.8) is 0 Å². The van der Waals surface area contributed by atoms with Crippen LogP contribution in [0.4, 0.5) is 0 Å². The fourth-order valence-electron chi connectivity index (χ4n) is 3.79. The topological polar surface area (TPSA) is 24.5 Å². The van der Waals surface area contributed by atoms with Gasteiger partial charge in [-0.15, -0.1) is 24.8 Å². The van der Waals surface area contributed by atoms with E-state index in [0.717, 1.165) is 38.3 Å². The number of fused-ring (bicyclic) bond motifs is 1. The Labute approximate surface area is 170 Å². The first kappa shape index (κ1) is 23.0. The van der Waals surface area contributed by atoms with E-state index in [0.29, 0.717) is 18.6 Å². The molecular weight excluding hydrogens is 367 g/mol. The molecule has 0 bridgehead atoms. The molecule has 5 heteroatoms. The molecule has 0 aromatic heterocycles. The lowest BCUT2D eigenvalue weighted by molar-refractivity contribution is 0.151. The van der Waals surface area contributed by atoms with Crippen molar-refractivity contribution in [2.24, 2.45) is 5.92 Å². The normalized spacial score (nSPS) is 16.0. The number of rotatable bonds is 6. The van der Waals surface area contributed by atoms with Crippen LogP contribution in [0, 0.1) is 5.92 Å². The van der Waals surface area contributed by atoms with Crippen LogP contribution in [0.1, 0.15) is 38.8 Å². The Morgan fingerprint density at radius 1 is 1.04 bits per heavy atom. The van der Waals surface area contributed by atoms with E-state index >= 15 is 0 Å². The molecule has 2 aromatic rings. The van der Waals surface area contributed by atoms with E-state index in [1.807, 2.05) is 0 Å². The minimum atomic E-state index is 0. The molecule has 1 heterocycles. The number of hydrogen-bond donors (Lipinski definition) is 1. The van der Waals surface area contributed by atoms with E-state index in [-0.39, 0.29) is 24.8 Å². The molecule has 26 heavy (non-hydrogen) atoms. The van der Waals surface area contributed by atoms with Gasteiger partial charge >= 0.3 is 0 Å². The molecule has 1 atom stereocenters. The summed E-state index contributed by atoms with van der Waals surface area (Å²) in [6.45, 7) is 11.8. The van der Waals surface area contributed by atoms with Gasteiger partial charge in [-0.2, -0.15) is 0 Å². The number of halogens is 2. The third kappa shape index (κ3) is 5.26. The van der Waals surface area contributed by atoms with Gasteiger partial charge in [0.25, 0.3) is 0 Å². The summed E-state index contributed by atoms with van der Waals surface area (Å²) < 4.78 is 6.06. The quantitative estimate of drug-likeness (QED) is 0.734. The number of ether oxygens (including phenoxy) is 1. The summed E-state index contributed by atoms with van der Waals surface area (Å²) in [5, 5.41) is 6.12. The Kier molecular flexibility index (Phi) is 9.73. The first-order valence-electron chi connectivity index (χ1n) is 9.30. The maximum Gasteiger partial charge on any atom is 0.124 e. The average molecular weight is 399 g/mol. The molecule has 0 saturated carbocycles. The maximum absolute atomic E-state index is 6.06. The second-order valence-electron chi connectivity index (χ2n) is 7.06. The number of piperazine rings is 1. The predicted molar refractivity (Wildman–Crippen MR) is 116 cm³/mol. The molecule has 0 unspecified atom stereocenters. The van der Waals surface area contributed by atoms with Gasteiger partial charge in [0.05, 0.1) is 6.61 Å². The highest BCUT2D eigenvalue weighted by Crippen LogP contribution is 2.39. The van der Waals surface area contributed by atoms with Crippen molar-refractivity contribution >= 4 is 35.6 Å². The van der Waals surface area contributed by atoms with Crippen molar-refractivity contribution in [2.45, 2.75) is 33.2 Å². The van der Waals surface area contributed by atoms with E-state index < -0.39 is 0 Å². The number of nitrogens with one attached hydrogen (secondary N) is 1. The van der Waals surface area contributed by atoms with Crippen LogP contribution in [0.25, 0.3) is 10.8 Å². The third-order valence-corrected chi connectivity index (χ3v) is 4.85. The van der Waals surface area contributed by atoms with Gasteiger partial charge in [-0.1, -0.05) is 44.2 Å². The fourth-order valence-corrected chi connectivity index (χ4v) is 3.79. The lowest BCUT2D eigenvalue weighted by Gasteiger charge is -2.37. The van der Waals surface area contributed by atoms with E-state index in [2.05, 4.69) is 67.4 Å². The minimum absolute atomic E-state index is 0. The van der Waals surface area contributed by atoms with Gasteiger partial charge < -0.3 is 10.1 Å². The van der Waals surface area contributed by atoms with Gasteiger partial charge in [-0.05, 0) is 36.1 Å². The van der Waals surface area contributed by atoms with Crippen LogP contribution in [0.2, 0.25) is 0 Å². The molecule has 3 rings (SSSR count). The van der Waals surface area contributed by atoms with Crippen LogP contribution in [-0.2, 0) is 0 Å². The largest absolute Gasteiger partial charge is 0.494 e. The molecular formula is C21H32Cl2N2O. The van der Waals surface area contributed by atoms with Crippen molar-refractivity contribution in [1.82, 2.24) is 10.2 Å². The lowest BCUT2D eigenvalue weighted by Crippen LogP contribution is -2.45. The summed E-state index contributed by atoms with van der Waals surface area (Å²) in [6.07, 6.45) is 1.16. The first-order chi connectivity index (χ1) is 11.7. The zero-order valence-corrected chi connectivity index (χ0v) is 17.7. The molecule has 1 saturated heterocycles. The summed E-state index contributed by atoms with van der Waals surface area (Å²) in [5.74, 6) is 1.71. The number of benzene rings is 2. The molecule has 0 spiro atoms. The highest BCUT2D eigenvalue weighted by molar-refractivity contribution is 5.88. The highest BCUT2D eigenvalue weighted by atomic mass is 35.5. The SMILES string of the molecule is CCOc1ccc2ccccc2c1[C@H](CC(C)C)N1CCNCC1.Cl.Cl. The van der Waals surface area contributed by atoms with Crippen molar-refractivity contribution < 1.29 is 4.74 Å². The van der Waals surface area contributed by atoms with Crippen molar-refractivity contribution in [3.05, 3.63) is 42.0 Å². The van der Waals surface area contributed by atoms with Crippen LogP contribution >= 0.6 is 24.8 Å². The Morgan fingerprint density at radius 2 is 1.73 bits per heavy atom. The highest BCUT2D eigenvalue weighted by Gasteiger charge is 2.27. The van der Waals surface area contributed by atoms with Crippen LogP contribution in [0.5, 0.6) is 5.75 Å². The summed E-state index contributed by atoms with van der Waals surface area (Å²) in [7, 11) is 0. The van der Waals surface area contributed by atoms with E-state index in [9.17, 15) is 0 Å². The second-order valence-corrected chi connectivity index (χ2v) is 7.06. The smallest absolute Gasteiger partial charge is 0.124 e. The molecule has 1 fully saturated rings. The van der Waals surface area contributed by atoms with Gasteiger partial charge in [-0.25, -0.2) is 0 Å².